The number of fused-ring (bicyclic) bond motifs is 5. The normalized spacial score (nSPS) is 49.1. The lowest BCUT2D eigenvalue weighted by molar-refractivity contribution is -0.186. The van der Waals surface area contributed by atoms with Crippen molar-refractivity contribution >= 4 is 0 Å². The second-order valence-electron chi connectivity index (χ2n) is 12.6. The summed E-state index contributed by atoms with van der Waals surface area (Å²) in [5, 5.41) is 44.7. The standard InChI is InChI=1S/C27H46O4/c1-16(2)6-9-22(29)17(3)24-23(30)15-27(31)21-8-7-18-14-19(28)10-12-25(18,4)20(21)11-13-26(24,27)5/h7,16-17,19-24,28-31H,6,8-15H2,1-5H3/t17-,19+,20+,21-,22?,23?,24+,25+,26-,27-/m1/s1. The van der Waals surface area contributed by atoms with E-state index in [4.69, 9.17) is 0 Å². The van der Waals surface area contributed by atoms with Gasteiger partial charge in [0.2, 0.25) is 0 Å². The zero-order valence-corrected chi connectivity index (χ0v) is 20.3. The molecule has 178 valence electrons. The molecule has 0 radical (unpaired) electrons. The van der Waals surface area contributed by atoms with Gasteiger partial charge in [-0.05, 0) is 86.4 Å². The lowest BCUT2D eigenvalue weighted by Crippen LogP contribution is -2.61. The fraction of sp³-hybridized carbons (Fsp3) is 0.926. The first kappa shape index (κ1) is 23.7. The van der Waals surface area contributed by atoms with Crippen molar-refractivity contribution in [1.82, 2.24) is 0 Å². The highest BCUT2D eigenvalue weighted by Gasteiger charge is 2.69. The van der Waals surface area contributed by atoms with Gasteiger partial charge in [0.15, 0.2) is 0 Å². The third kappa shape index (κ3) is 3.55. The predicted molar refractivity (Wildman–Crippen MR) is 123 cm³/mol. The van der Waals surface area contributed by atoms with Crippen LogP contribution >= 0.6 is 0 Å². The third-order valence-electron chi connectivity index (χ3n) is 10.6. The van der Waals surface area contributed by atoms with Gasteiger partial charge in [-0.15, -0.1) is 0 Å². The van der Waals surface area contributed by atoms with Crippen molar-refractivity contribution in [2.24, 2.45) is 40.4 Å². The summed E-state index contributed by atoms with van der Waals surface area (Å²) in [7, 11) is 0. The van der Waals surface area contributed by atoms with Crippen LogP contribution in [0, 0.1) is 40.4 Å². The first-order valence-electron chi connectivity index (χ1n) is 12.9. The monoisotopic (exact) mass is 434 g/mol. The predicted octanol–water partition coefficient (Wildman–Crippen LogP) is 4.45. The fourth-order valence-electron chi connectivity index (χ4n) is 8.62. The van der Waals surface area contributed by atoms with Crippen molar-refractivity contribution in [3.63, 3.8) is 0 Å². The molecule has 0 bridgehead atoms. The van der Waals surface area contributed by atoms with E-state index in [1.807, 2.05) is 0 Å². The largest absolute Gasteiger partial charge is 0.393 e. The molecule has 0 spiro atoms. The Morgan fingerprint density at radius 1 is 1.03 bits per heavy atom. The molecule has 0 amide bonds. The van der Waals surface area contributed by atoms with Gasteiger partial charge in [0.1, 0.15) is 0 Å². The molecule has 0 heterocycles. The maximum atomic E-state index is 12.3. The van der Waals surface area contributed by atoms with E-state index in [1.165, 1.54) is 5.57 Å². The minimum absolute atomic E-state index is 0.0283. The molecule has 0 aromatic rings. The van der Waals surface area contributed by atoms with E-state index in [0.29, 0.717) is 18.3 Å². The fourth-order valence-corrected chi connectivity index (χ4v) is 8.62. The molecule has 31 heavy (non-hydrogen) atoms. The Balaban J connectivity index is 1.62. The van der Waals surface area contributed by atoms with Crippen LogP contribution in [0.15, 0.2) is 11.6 Å². The number of hydrogen-bond donors (Lipinski definition) is 4. The highest BCUT2D eigenvalue weighted by atomic mass is 16.3. The summed E-state index contributed by atoms with van der Waals surface area (Å²) in [6.45, 7) is 11.0. The van der Waals surface area contributed by atoms with Crippen molar-refractivity contribution in [1.29, 1.82) is 0 Å². The molecule has 0 aromatic heterocycles. The van der Waals surface area contributed by atoms with Gasteiger partial charge in [0.05, 0.1) is 23.9 Å². The molecule has 4 rings (SSSR count). The topological polar surface area (TPSA) is 80.9 Å². The minimum Gasteiger partial charge on any atom is -0.393 e. The average molecular weight is 435 g/mol. The van der Waals surface area contributed by atoms with Crippen molar-refractivity contribution in [2.45, 2.75) is 116 Å². The van der Waals surface area contributed by atoms with E-state index in [-0.39, 0.29) is 34.7 Å². The minimum atomic E-state index is -0.896. The highest BCUT2D eigenvalue weighted by molar-refractivity contribution is 5.28. The maximum Gasteiger partial charge on any atom is 0.0763 e. The van der Waals surface area contributed by atoms with Gasteiger partial charge in [-0.3, -0.25) is 0 Å². The molecule has 4 nitrogen and oxygen atoms in total. The summed E-state index contributed by atoms with van der Waals surface area (Å²) in [6.07, 6.45) is 8.68. The summed E-state index contributed by atoms with van der Waals surface area (Å²) in [5.74, 6) is 1.00. The molecule has 0 saturated heterocycles. The lowest BCUT2D eigenvalue weighted by Gasteiger charge is -2.61. The molecular formula is C27H46O4. The second kappa shape index (κ2) is 8.11. The van der Waals surface area contributed by atoms with Crippen LogP contribution in [0.2, 0.25) is 0 Å². The van der Waals surface area contributed by atoms with Crippen molar-refractivity contribution in [2.75, 3.05) is 0 Å². The van der Waals surface area contributed by atoms with Gasteiger partial charge >= 0.3 is 0 Å². The van der Waals surface area contributed by atoms with Crippen LogP contribution in [0.4, 0.5) is 0 Å². The maximum absolute atomic E-state index is 12.3. The molecule has 3 saturated carbocycles. The van der Waals surface area contributed by atoms with Gasteiger partial charge in [-0.1, -0.05) is 46.3 Å². The molecule has 0 aromatic carbocycles. The number of aliphatic hydroxyl groups excluding tert-OH is 3. The molecule has 4 heteroatoms. The Kier molecular flexibility index (Phi) is 6.21. The first-order valence-corrected chi connectivity index (χ1v) is 12.9. The SMILES string of the molecule is CC(C)CCC(O)[C@@H](C)[C@H]1C(O)C[C@@]2(O)[C@@H]3CC=C4C[C@@H](O)CC[C@]4(C)[C@H]3CC[C@]12C. The van der Waals surface area contributed by atoms with Gasteiger partial charge < -0.3 is 20.4 Å². The van der Waals surface area contributed by atoms with Crippen molar-refractivity contribution in [3.05, 3.63) is 11.6 Å². The summed E-state index contributed by atoms with van der Waals surface area (Å²) in [4.78, 5) is 0. The Bertz CT molecular complexity index is 703. The molecule has 10 atom stereocenters. The summed E-state index contributed by atoms with van der Waals surface area (Å²) in [5.41, 5.74) is 0.187. The highest BCUT2D eigenvalue weighted by Crippen LogP contribution is 2.69. The third-order valence-corrected chi connectivity index (χ3v) is 10.6. The number of allylic oxidation sites excluding steroid dienone is 1. The Morgan fingerprint density at radius 2 is 1.74 bits per heavy atom. The van der Waals surface area contributed by atoms with E-state index < -0.39 is 17.8 Å². The average Bonchev–Trinajstić information content (AvgIpc) is 2.91. The molecule has 4 aliphatic carbocycles. The van der Waals surface area contributed by atoms with Gasteiger partial charge in [-0.2, -0.15) is 0 Å². The summed E-state index contributed by atoms with van der Waals surface area (Å²) >= 11 is 0. The van der Waals surface area contributed by atoms with Crippen molar-refractivity contribution < 1.29 is 20.4 Å². The quantitative estimate of drug-likeness (QED) is 0.482. The van der Waals surface area contributed by atoms with E-state index in [0.717, 1.165) is 51.4 Å². The molecule has 4 aliphatic rings. The van der Waals surface area contributed by atoms with Crippen LogP contribution in [0.5, 0.6) is 0 Å². The lowest BCUT2D eigenvalue weighted by atomic mass is 9.45. The van der Waals surface area contributed by atoms with E-state index in [9.17, 15) is 20.4 Å². The number of hydrogen-bond acceptors (Lipinski definition) is 4. The smallest absolute Gasteiger partial charge is 0.0763 e. The van der Waals surface area contributed by atoms with Crippen LogP contribution in [0.1, 0.15) is 92.4 Å². The van der Waals surface area contributed by atoms with Gasteiger partial charge in [0.25, 0.3) is 0 Å². The summed E-state index contributed by atoms with van der Waals surface area (Å²) < 4.78 is 0. The Labute approximate surface area is 189 Å². The van der Waals surface area contributed by atoms with Gasteiger partial charge in [0, 0.05) is 11.8 Å². The van der Waals surface area contributed by atoms with Crippen LogP contribution in [-0.2, 0) is 0 Å². The summed E-state index contributed by atoms with van der Waals surface area (Å²) in [6, 6.07) is 0. The van der Waals surface area contributed by atoms with Crippen LogP contribution in [-0.4, -0.2) is 44.3 Å². The van der Waals surface area contributed by atoms with Crippen LogP contribution in [0.3, 0.4) is 0 Å². The molecule has 4 N–H and O–H groups in total. The Hall–Kier alpha value is -0.420. The van der Waals surface area contributed by atoms with E-state index >= 15 is 0 Å². The van der Waals surface area contributed by atoms with Crippen LogP contribution < -0.4 is 0 Å². The molecule has 0 aliphatic heterocycles. The zero-order valence-electron chi connectivity index (χ0n) is 20.3. The van der Waals surface area contributed by atoms with Gasteiger partial charge in [-0.25, -0.2) is 0 Å². The number of aliphatic hydroxyl groups is 4. The second-order valence-corrected chi connectivity index (χ2v) is 12.6. The molecule has 3 fully saturated rings. The molecule has 2 unspecified atom stereocenters. The van der Waals surface area contributed by atoms with Crippen molar-refractivity contribution in [3.8, 4) is 0 Å². The first-order chi connectivity index (χ1) is 14.4. The Morgan fingerprint density at radius 3 is 2.42 bits per heavy atom. The number of rotatable bonds is 5. The van der Waals surface area contributed by atoms with Crippen LogP contribution in [0.25, 0.3) is 0 Å². The van der Waals surface area contributed by atoms with E-state index in [2.05, 4.69) is 40.7 Å². The van der Waals surface area contributed by atoms with E-state index in [1.54, 1.807) is 0 Å². The molecular weight excluding hydrogens is 388 g/mol. The zero-order chi connectivity index (χ0) is 22.8.